The molecule has 1 aliphatic heterocycles. The predicted molar refractivity (Wildman–Crippen MR) is 122 cm³/mol. The van der Waals surface area contributed by atoms with Gasteiger partial charge in [0.25, 0.3) is 0 Å². The highest BCUT2D eigenvalue weighted by Gasteiger charge is 2.37. The zero-order valence-electron chi connectivity index (χ0n) is 16.3. The lowest BCUT2D eigenvalue weighted by molar-refractivity contribution is 0.0244. The average Bonchev–Trinajstić information content (AvgIpc) is 2.82. The van der Waals surface area contributed by atoms with E-state index in [-0.39, 0.29) is 17.3 Å². The van der Waals surface area contributed by atoms with Gasteiger partial charge in [0.2, 0.25) is 0 Å². The number of rotatable bonds is 4. The number of cyclic esters (lactones) is 1. The van der Waals surface area contributed by atoms with E-state index < -0.39 is 0 Å². The lowest BCUT2D eigenvalue weighted by atomic mass is 9.93. The Morgan fingerprint density at radius 1 is 0.633 bits per heavy atom. The minimum atomic E-state index is -0.345. The first-order valence-electron chi connectivity index (χ1n) is 9.96. The Bertz CT molecular complexity index is 1150. The molecular formula is C27H20O2S. The van der Waals surface area contributed by atoms with Crippen molar-refractivity contribution in [3.05, 3.63) is 126 Å². The third-order valence-electron chi connectivity index (χ3n) is 5.35. The van der Waals surface area contributed by atoms with E-state index in [9.17, 15) is 4.79 Å². The minimum Gasteiger partial charge on any atom is -0.452 e. The monoisotopic (exact) mass is 408 g/mol. The van der Waals surface area contributed by atoms with E-state index in [2.05, 4.69) is 48.5 Å². The Labute approximate surface area is 180 Å². The zero-order valence-corrected chi connectivity index (χ0v) is 17.1. The van der Waals surface area contributed by atoms with Crippen LogP contribution in [0.5, 0.6) is 0 Å². The molecule has 0 radical (unpaired) electrons. The van der Waals surface area contributed by atoms with Crippen molar-refractivity contribution in [1.29, 1.82) is 0 Å². The summed E-state index contributed by atoms with van der Waals surface area (Å²) in [6.07, 6.45) is -0.345. The average molecular weight is 409 g/mol. The normalized spacial score (nSPS) is 17.8. The lowest BCUT2D eigenvalue weighted by Crippen LogP contribution is -2.24. The summed E-state index contributed by atoms with van der Waals surface area (Å²) in [4.78, 5) is 13.9. The topological polar surface area (TPSA) is 26.3 Å². The summed E-state index contributed by atoms with van der Waals surface area (Å²) in [5.41, 5.74) is 5.01. The van der Waals surface area contributed by atoms with Crippen LogP contribution in [-0.2, 0) is 4.74 Å². The maximum Gasteiger partial charge on any atom is 0.339 e. The van der Waals surface area contributed by atoms with Gasteiger partial charge >= 0.3 is 5.97 Å². The summed E-state index contributed by atoms with van der Waals surface area (Å²) >= 11 is 1.74. The molecule has 4 aromatic rings. The van der Waals surface area contributed by atoms with Crippen molar-refractivity contribution < 1.29 is 9.53 Å². The van der Waals surface area contributed by atoms with Gasteiger partial charge in [-0.2, -0.15) is 0 Å². The first kappa shape index (κ1) is 18.7. The molecule has 2 nitrogen and oxygen atoms in total. The maximum absolute atomic E-state index is 12.7. The Kier molecular flexibility index (Phi) is 5.12. The van der Waals surface area contributed by atoms with Gasteiger partial charge in [0.05, 0.1) is 10.8 Å². The van der Waals surface area contributed by atoms with Gasteiger partial charge in [-0.3, -0.25) is 0 Å². The van der Waals surface area contributed by atoms with Crippen LogP contribution in [0.25, 0.3) is 11.1 Å². The second kappa shape index (κ2) is 8.21. The van der Waals surface area contributed by atoms with Gasteiger partial charge < -0.3 is 4.74 Å². The van der Waals surface area contributed by atoms with Crippen LogP contribution < -0.4 is 0 Å². The smallest absolute Gasteiger partial charge is 0.339 e. The maximum atomic E-state index is 12.7. The number of carbonyl (C=O) groups is 1. The molecule has 0 unspecified atom stereocenters. The highest BCUT2D eigenvalue weighted by atomic mass is 32.2. The highest BCUT2D eigenvalue weighted by molar-refractivity contribution is 7.99. The van der Waals surface area contributed by atoms with Crippen molar-refractivity contribution in [2.24, 2.45) is 0 Å². The van der Waals surface area contributed by atoms with E-state index in [1.54, 1.807) is 11.8 Å². The van der Waals surface area contributed by atoms with Gasteiger partial charge in [-0.1, -0.05) is 91.0 Å². The van der Waals surface area contributed by atoms with Crippen molar-refractivity contribution in [2.75, 3.05) is 0 Å². The summed E-state index contributed by atoms with van der Waals surface area (Å²) in [7, 11) is 0. The van der Waals surface area contributed by atoms with Gasteiger partial charge in [0.15, 0.2) is 0 Å². The second-order valence-corrected chi connectivity index (χ2v) is 8.47. The first-order valence-corrected chi connectivity index (χ1v) is 10.8. The second-order valence-electron chi connectivity index (χ2n) is 7.25. The van der Waals surface area contributed by atoms with Crippen LogP contribution in [0.3, 0.4) is 0 Å². The number of hydrogen-bond acceptors (Lipinski definition) is 3. The number of thioether (sulfide) groups is 1. The Balaban J connectivity index is 1.53. The van der Waals surface area contributed by atoms with Crippen molar-refractivity contribution in [2.45, 2.75) is 16.2 Å². The molecule has 1 heterocycles. The third-order valence-corrected chi connectivity index (χ3v) is 6.65. The van der Waals surface area contributed by atoms with E-state index in [0.717, 1.165) is 21.6 Å². The molecule has 0 spiro atoms. The standard InChI is InChI=1S/C27H20O2S/c28-27-24-14-8-7-13-23(24)26(30-22-11-5-2-6-12-22)25(29-27)21-17-15-20(16-18-21)19-9-3-1-4-10-19/h1-18,25-26H/t25-,26+/m0/s1. The predicted octanol–water partition coefficient (Wildman–Crippen LogP) is 7.10. The molecule has 0 fully saturated rings. The third kappa shape index (κ3) is 3.64. The molecule has 30 heavy (non-hydrogen) atoms. The summed E-state index contributed by atoms with van der Waals surface area (Å²) < 4.78 is 5.97. The Morgan fingerprint density at radius 3 is 1.97 bits per heavy atom. The molecule has 146 valence electrons. The van der Waals surface area contributed by atoms with Crippen LogP contribution >= 0.6 is 11.8 Å². The molecule has 0 saturated heterocycles. The molecule has 0 bridgehead atoms. The van der Waals surface area contributed by atoms with Crippen molar-refractivity contribution >= 4 is 17.7 Å². The molecule has 0 N–H and O–H groups in total. The molecule has 0 amide bonds. The van der Waals surface area contributed by atoms with Crippen LogP contribution in [0.2, 0.25) is 0 Å². The number of fused-ring (bicyclic) bond motifs is 1. The van der Waals surface area contributed by atoms with E-state index in [4.69, 9.17) is 4.74 Å². The number of esters is 1. The number of carbonyl (C=O) groups excluding carboxylic acids is 1. The van der Waals surface area contributed by atoms with Gasteiger partial charge in [-0.05, 0) is 40.5 Å². The first-order chi connectivity index (χ1) is 14.8. The van der Waals surface area contributed by atoms with Gasteiger partial charge in [0, 0.05) is 4.90 Å². The lowest BCUT2D eigenvalue weighted by Gasteiger charge is -2.33. The highest BCUT2D eigenvalue weighted by Crippen LogP contribution is 2.49. The quantitative estimate of drug-likeness (QED) is 0.337. The largest absolute Gasteiger partial charge is 0.452 e. The van der Waals surface area contributed by atoms with E-state index in [0.29, 0.717) is 5.56 Å². The summed E-state index contributed by atoms with van der Waals surface area (Å²) in [5.74, 6) is -0.257. The summed E-state index contributed by atoms with van der Waals surface area (Å²) in [6.45, 7) is 0. The van der Waals surface area contributed by atoms with Crippen LogP contribution in [0.1, 0.15) is 32.8 Å². The van der Waals surface area contributed by atoms with E-state index in [1.165, 1.54) is 5.56 Å². The zero-order chi connectivity index (χ0) is 20.3. The number of benzene rings is 4. The Morgan fingerprint density at radius 2 is 1.23 bits per heavy atom. The molecular weight excluding hydrogens is 388 g/mol. The van der Waals surface area contributed by atoms with Crippen molar-refractivity contribution in [1.82, 2.24) is 0 Å². The molecule has 0 aromatic heterocycles. The minimum absolute atomic E-state index is 0.0103. The fourth-order valence-electron chi connectivity index (χ4n) is 3.84. The molecule has 2 atom stereocenters. The Hall–Kier alpha value is -3.30. The SMILES string of the molecule is O=C1O[C@@H](c2ccc(-c3ccccc3)cc2)[C@H](Sc2ccccc2)c2ccccc21. The van der Waals surface area contributed by atoms with Crippen LogP contribution in [0.4, 0.5) is 0 Å². The van der Waals surface area contributed by atoms with Crippen LogP contribution in [-0.4, -0.2) is 5.97 Å². The molecule has 1 aliphatic rings. The molecule has 0 saturated carbocycles. The molecule has 4 aromatic carbocycles. The molecule has 5 rings (SSSR count). The van der Waals surface area contributed by atoms with Gasteiger partial charge in [-0.25, -0.2) is 4.79 Å². The van der Waals surface area contributed by atoms with Crippen molar-refractivity contribution in [3.63, 3.8) is 0 Å². The van der Waals surface area contributed by atoms with Gasteiger partial charge in [0.1, 0.15) is 6.10 Å². The van der Waals surface area contributed by atoms with Gasteiger partial charge in [-0.15, -0.1) is 11.8 Å². The molecule has 3 heteroatoms. The van der Waals surface area contributed by atoms with Crippen LogP contribution in [0, 0.1) is 0 Å². The van der Waals surface area contributed by atoms with E-state index in [1.807, 2.05) is 60.7 Å². The number of ether oxygens (including phenoxy) is 1. The van der Waals surface area contributed by atoms with Crippen molar-refractivity contribution in [3.8, 4) is 11.1 Å². The fraction of sp³-hybridized carbons (Fsp3) is 0.0741. The number of hydrogen-bond donors (Lipinski definition) is 0. The summed E-state index contributed by atoms with van der Waals surface area (Å²) in [6, 6.07) is 36.7. The summed E-state index contributed by atoms with van der Waals surface area (Å²) in [5, 5.41) is -0.0103. The molecule has 0 aliphatic carbocycles. The fourth-order valence-corrected chi connectivity index (χ4v) is 5.12. The van der Waals surface area contributed by atoms with Crippen LogP contribution in [0.15, 0.2) is 114 Å². The van der Waals surface area contributed by atoms with E-state index >= 15 is 0 Å².